The first-order valence-electron chi connectivity index (χ1n) is 6.72. The number of hydrogen-bond donors (Lipinski definition) is 2. The summed E-state index contributed by atoms with van der Waals surface area (Å²) in [7, 11) is 0. The summed E-state index contributed by atoms with van der Waals surface area (Å²) in [4.78, 5) is 22.1. The summed E-state index contributed by atoms with van der Waals surface area (Å²) in [6, 6.07) is 8.79. The van der Waals surface area contributed by atoms with Gasteiger partial charge in [-0.05, 0) is 43.3 Å². The molecule has 7 heteroatoms. The van der Waals surface area contributed by atoms with Crippen LogP contribution in [0.1, 0.15) is 5.82 Å². The highest BCUT2D eigenvalue weighted by molar-refractivity contribution is 5.61. The van der Waals surface area contributed by atoms with Gasteiger partial charge in [0.2, 0.25) is 5.75 Å². The van der Waals surface area contributed by atoms with E-state index in [0.29, 0.717) is 23.0 Å². The van der Waals surface area contributed by atoms with Crippen molar-refractivity contribution in [3.05, 3.63) is 64.6 Å². The van der Waals surface area contributed by atoms with Crippen molar-refractivity contribution in [2.45, 2.75) is 6.92 Å². The number of nitrogens with one attached hydrogen (secondary N) is 1. The average molecular weight is 313 g/mol. The monoisotopic (exact) mass is 313 g/mol. The average Bonchev–Trinajstić information content (AvgIpc) is 2.54. The predicted molar refractivity (Wildman–Crippen MR) is 81.0 cm³/mol. The van der Waals surface area contributed by atoms with Crippen LogP contribution in [-0.2, 0) is 0 Å². The minimum Gasteiger partial charge on any atom is -0.501 e. The highest BCUT2D eigenvalue weighted by Gasteiger charge is 2.12. The minimum atomic E-state index is -0.718. The zero-order valence-corrected chi connectivity index (χ0v) is 12.1. The molecule has 2 aromatic heterocycles. The van der Waals surface area contributed by atoms with Gasteiger partial charge in [0.05, 0.1) is 11.9 Å². The van der Waals surface area contributed by atoms with Crippen LogP contribution < -0.4 is 10.3 Å². The van der Waals surface area contributed by atoms with Crippen molar-refractivity contribution in [3.8, 4) is 28.6 Å². The lowest BCUT2D eigenvalue weighted by Crippen LogP contribution is -2.10. The standard InChI is InChI=1S/C16H12FN3O3/c1-9-19-14(15(21)16(22)20-9)13-7-6-12(8-18-13)23-11-4-2-10(17)3-5-11/h2-8,21H,1H3,(H,19,20,22). The Morgan fingerprint density at radius 3 is 2.48 bits per heavy atom. The van der Waals surface area contributed by atoms with Crippen LogP contribution in [0.4, 0.5) is 4.39 Å². The van der Waals surface area contributed by atoms with E-state index in [1.807, 2.05) is 0 Å². The molecule has 116 valence electrons. The number of aromatic amines is 1. The third-order valence-corrected chi connectivity index (χ3v) is 3.06. The van der Waals surface area contributed by atoms with Gasteiger partial charge in [-0.3, -0.25) is 9.78 Å². The van der Waals surface area contributed by atoms with Crippen LogP contribution in [0.5, 0.6) is 17.2 Å². The van der Waals surface area contributed by atoms with Gasteiger partial charge in [-0.15, -0.1) is 0 Å². The third kappa shape index (κ3) is 3.18. The third-order valence-electron chi connectivity index (χ3n) is 3.06. The largest absolute Gasteiger partial charge is 0.501 e. The van der Waals surface area contributed by atoms with Crippen LogP contribution in [0.2, 0.25) is 0 Å². The van der Waals surface area contributed by atoms with E-state index in [9.17, 15) is 14.3 Å². The normalized spacial score (nSPS) is 10.5. The fourth-order valence-corrected chi connectivity index (χ4v) is 1.99. The first-order chi connectivity index (χ1) is 11.0. The van der Waals surface area contributed by atoms with E-state index in [1.165, 1.54) is 30.5 Å². The Kier molecular flexibility index (Phi) is 3.76. The van der Waals surface area contributed by atoms with E-state index in [-0.39, 0.29) is 11.5 Å². The summed E-state index contributed by atoms with van der Waals surface area (Å²) in [5.41, 5.74) is -0.155. The lowest BCUT2D eigenvalue weighted by atomic mass is 10.2. The molecule has 3 aromatic rings. The molecule has 0 fully saturated rings. The predicted octanol–water partition coefficient (Wildman–Crippen LogP) is 2.78. The summed E-state index contributed by atoms with van der Waals surface area (Å²) in [6.45, 7) is 1.61. The number of aromatic hydroxyl groups is 1. The first kappa shape index (κ1) is 14.7. The van der Waals surface area contributed by atoms with Crippen LogP contribution in [0.15, 0.2) is 47.4 Å². The maximum absolute atomic E-state index is 12.8. The van der Waals surface area contributed by atoms with E-state index in [0.717, 1.165) is 0 Å². The topological polar surface area (TPSA) is 88.1 Å². The molecule has 0 spiro atoms. The van der Waals surface area contributed by atoms with Crippen LogP contribution in [-0.4, -0.2) is 20.1 Å². The zero-order valence-electron chi connectivity index (χ0n) is 12.1. The Morgan fingerprint density at radius 1 is 1.13 bits per heavy atom. The van der Waals surface area contributed by atoms with Crippen molar-refractivity contribution < 1.29 is 14.2 Å². The Balaban J connectivity index is 1.88. The number of benzene rings is 1. The molecule has 0 atom stereocenters. The van der Waals surface area contributed by atoms with Gasteiger partial charge < -0.3 is 14.8 Å². The highest BCUT2D eigenvalue weighted by atomic mass is 19.1. The van der Waals surface area contributed by atoms with Crippen LogP contribution in [0.25, 0.3) is 11.4 Å². The van der Waals surface area contributed by atoms with Crippen LogP contribution in [0, 0.1) is 12.7 Å². The first-order valence-corrected chi connectivity index (χ1v) is 6.72. The van der Waals surface area contributed by atoms with Crippen molar-refractivity contribution in [3.63, 3.8) is 0 Å². The fraction of sp³-hybridized carbons (Fsp3) is 0.0625. The molecule has 0 bridgehead atoms. The number of rotatable bonds is 3. The molecule has 0 aliphatic carbocycles. The maximum Gasteiger partial charge on any atom is 0.315 e. The Morgan fingerprint density at radius 2 is 1.83 bits per heavy atom. The lowest BCUT2D eigenvalue weighted by molar-refractivity contribution is 0.464. The second kappa shape index (κ2) is 5.88. The molecule has 3 rings (SSSR count). The summed E-state index contributed by atoms with van der Waals surface area (Å²) >= 11 is 0. The molecule has 2 N–H and O–H groups in total. The zero-order chi connectivity index (χ0) is 16.4. The van der Waals surface area contributed by atoms with Crippen molar-refractivity contribution in [2.24, 2.45) is 0 Å². The SMILES string of the molecule is Cc1nc(=O)c(O)c(-c2ccc(Oc3ccc(F)cc3)cn2)[nH]1. The smallest absolute Gasteiger partial charge is 0.315 e. The van der Waals surface area contributed by atoms with Crippen molar-refractivity contribution >= 4 is 0 Å². The number of halogens is 1. The second-order valence-electron chi connectivity index (χ2n) is 4.79. The number of pyridine rings is 1. The van der Waals surface area contributed by atoms with Gasteiger partial charge in [-0.2, -0.15) is 4.98 Å². The number of hydrogen-bond acceptors (Lipinski definition) is 5. The van der Waals surface area contributed by atoms with Gasteiger partial charge >= 0.3 is 5.56 Å². The summed E-state index contributed by atoms with van der Waals surface area (Å²) in [6.07, 6.45) is 1.44. The molecule has 0 radical (unpaired) electrons. The number of nitrogens with zero attached hydrogens (tertiary/aromatic N) is 2. The number of H-pyrrole nitrogens is 1. The minimum absolute atomic E-state index is 0.191. The Hall–Kier alpha value is -3.22. The molecule has 2 heterocycles. The van der Waals surface area contributed by atoms with Gasteiger partial charge in [-0.1, -0.05) is 0 Å². The second-order valence-corrected chi connectivity index (χ2v) is 4.79. The van der Waals surface area contributed by atoms with Crippen LogP contribution in [0.3, 0.4) is 0 Å². The van der Waals surface area contributed by atoms with E-state index < -0.39 is 11.3 Å². The highest BCUT2D eigenvalue weighted by Crippen LogP contribution is 2.25. The Labute approximate surface area is 130 Å². The van der Waals surface area contributed by atoms with Gasteiger partial charge in [0.25, 0.3) is 0 Å². The molecule has 0 unspecified atom stereocenters. The number of aromatic nitrogens is 3. The molecule has 0 saturated heterocycles. The van der Waals surface area contributed by atoms with E-state index >= 15 is 0 Å². The van der Waals surface area contributed by atoms with E-state index in [4.69, 9.17) is 4.74 Å². The molecule has 6 nitrogen and oxygen atoms in total. The van der Waals surface area contributed by atoms with E-state index in [2.05, 4.69) is 15.0 Å². The fourth-order valence-electron chi connectivity index (χ4n) is 1.99. The van der Waals surface area contributed by atoms with E-state index in [1.54, 1.807) is 19.1 Å². The van der Waals surface area contributed by atoms with Crippen LogP contribution >= 0.6 is 0 Å². The van der Waals surface area contributed by atoms with Crippen molar-refractivity contribution in [1.29, 1.82) is 0 Å². The molecular formula is C16H12FN3O3. The molecule has 0 amide bonds. The molecule has 1 aromatic carbocycles. The van der Waals surface area contributed by atoms with Crippen molar-refractivity contribution in [1.82, 2.24) is 15.0 Å². The van der Waals surface area contributed by atoms with Gasteiger partial charge in [-0.25, -0.2) is 4.39 Å². The number of ether oxygens (including phenoxy) is 1. The van der Waals surface area contributed by atoms with Gasteiger partial charge in [0.15, 0.2) is 0 Å². The molecule has 0 saturated carbocycles. The van der Waals surface area contributed by atoms with Crippen molar-refractivity contribution in [2.75, 3.05) is 0 Å². The Bertz CT molecular complexity index is 890. The molecule has 0 aliphatic rings. The lowest BCUT2D eigenvalue weighted by Gasteiger charge is -2.07. The molecular weight excluding hydrogens is 301 g/mol. The van der Waals surface area contributed by atoms with Gasteiger partial charge in [0, 0.05) is 0 Å². The maximum atomic E-state index is 12.8. The number of aryl methyl sites for hydroxylation is 1. The molecule has 0 aliphatic heterocycles. The summed E-state index contributed by atoms with van der Waals surface area (Å²) in [5.74, 6) is 0.440. The summed E-state index contributed by atoms with van der Waals surface area (Å²) < 4.78 is 18.4. The molecule has 23 heavy (non-hydrogen) atoms. The van der Waals surface area contributed by atoms with Gasteiger partial charge in [0.1, 0.15) is 28.8 Å². The quantitative estimate of drug-likeness (QED) is 0.776. The summed E-state index contributed by atoms with van der Waals surface area (Å²) in [5, 5.41) is 9.79.